The smallest absolute Gasteiger partial charge is 0.0487 e. The van der Waals surface area contributed by atoms with Crippen LogP contribution in [-0.4, -0.2) is 0 Å². The van der Waals surface area contributed by atoms with Crippen molar-refractivity contribution in [2.24, 2.45) is 0 Å². The number of allylic oxidation sites excluding steroid dienone is 5. The van der Waals surface area contributed by atoms with Gasteiger partial charge in [0.15, 0.2) is 0 Å². The second kappa shape index (κ2) is 7.60. The van der Waals surface area contributed by atoms with E-state index in [4.69, 9.17) is 0 Å². The number of aryl methyl sites for hydroxylation is 1. The summed E-state index contributed by atoms with van der Waals surface area (Å²) in [6.45, 7) is 13.3. The topological polar surface area (TPSA) is 3.24 Å². The van der Waals surface area contributed by atoms with Crippen molar-refractivity contribution in [1.82, 2.24) is 0 Å². The summed E-state index contributed by atoms with van der Waals surface area (Å²) in [6, 6.07) is 15.6. The van der Waals surface area contributed by atoms with Gasteiger partial charge in [0.1, 0.15) is 0 Å². The maximum atomic E-state index is 2.41. The molecule has 0 amide bonds. The molecule has 1 aliphatic rings. The third-order valence-corrected chi connectivity index (χ3v) is 5.81. The van der Waals surface area contributed by atoms with Gasteiger partial charge in [0.25, 0.3) is 0 Å². The molecule has 0 atom stereocenters. The SMILES string of the molecule is CC=CC=C(CC)N(c1ccc2c(c1)C=C(C)C2(C)C)c1ccccc1C. The highest BCUT2D eigenvalue weighted by Gasteiger charge is 2.30. The molecule has 0 unspecified atom stereocenters. The summed E-state index contributed by atoms with van der Waals surface area (Å²) >= 11 is 0. The lowest BCUT2D eigenvalue weighted by Gasteiger charge is -2.30. The summed E-state index contributed by atoms with van der Waals surface area (Å²) in [5.41, 5.74) is 9.35. The van der Waals surface area contributed by atoms with Crippen molar-refractivity contribution in [1.29, 1.82) is 0 Å². The van der Waals surface area contributed by atoms with Crippen molar-refractivity contribution >= 4 is 17.5 Å². The van der Waals surface area contributed by atoms with E-state index in [1.54, 1.807) is 0 Å². The minimum atomic E-state index is 0.121. The minimum Gasteiger partial charge on any atom is -0.314 e. The van der Waals surface area contributed by atoms with Crippen LogP contribution in [0.1, 0.15) is 57.7 Å². The first-order valence-electron chi connectivity index (χ1n) is 9.91. The fourth-order valence-electron chi connectivity index (χ4n) is 3.84. The van der Waals surface area contributed by atoms with E-state index in [0.717, 1.165) is 6.42 Å². The molecule has 1 heteroatoms. The van der Waals surface area contributed by atoms with Crippen LogP contribution in [0.2, 0.25) is 0 Å². The van der Waals surface area contributed by atoms with Gasteiger partial charge in [0.05, 0.1) is 0 Å². The Labute approximate surface area is 164 Å². The molecule has 27 heavy (non-hydrogen) atoms. The van der Waals surface area contributed by atoms with Crippen LogP contribution in [-0.2, 0) is 5.41 Å². The molecule has 0 N–H and O–H groups in total. The zero-order valence-electron chi connectivity index (χ0n) is 17.5. The number of hydrogen-bond acceptors (Lipinski definition) is 1. The number of hydrogen-bond donors (Lipinski definition) is 0. The number of anilines is 2. The van der Waals surface area contributed by atoms with Crippen molar-refractivity contribution in [3.8, 4) is 0 Å². The number of nitrogens with zero attached hydrogens (tertiary/aromatic N) is 1. The number of para-hydroxylation sites is 1. The van der Waals surface area contributed by atoms with Gasteiger partial charge in [-0.05, 0) is 68.2 Å². The van der Waals surface area contributed by atoms with Gasteiger partial charge in [-0.3, -0.25) is 0 Å². The lowest BCUT2D eigenvalue weighted by molar-refractivity contribution is 0.640. The van der Waals surface area contributed by atoms with Crippen LogP contribution in [0.15, 0.2) is 72.0 Å². The van der Waals surface area contributed by atoms with E-state index in [9.17, 15) is 0 Å². The van der Waals surface area contributed by atoms with E-state index < -0.39 is 0 Å². The Bertz CT molecular complexity index is 925. The van der Waals surface area contributed by atoms with Gasteiger partial charge in [0, 0.05) is 22.5 Å². The first-order chi connectivity index (χ1) is 12.9. The fraction of sp³-hybridized carbons (Fsp3) is 0.308. The predicted molar refractivity (Wildman–Crippen MR) is 120 cm³/mol. The van der Waals surface area contributed by atoms with Gasteiger partial charge in [-0.15, -0.1) is 0 Å². The molecule has 0 aromatic heterocycles. The average molecular weight is 358 g/mol. The molecule has 0 aliphatic heterocycles. The Kier molecular flexibility index (Phi) is 5.41. The van der Waals surface area contributed by atoms with E-state index in [2.05, 4.69) is 113 Å². The van der Waals surface area contributed by atoms with Gasteiger partial charge in [-0.1, -0.05) is 68.8 Å². The zero-order valence-corrected chi connectivity index (χ0v) is 17.5. The molecule has 0 saturated heterocycles. The average Bonchev–Trinajstić information content (AvgIpc) is 2.88. The van der Waals surface area contributed by atoms with Crippen LogP contribution in [0, 0.1) is 6.92 Å². The third-order valence-electron chi connectivity index (χ3n) is 5.81. The number of rotatable bonds is 5. The van der Waals surface area contributed by atoms with E-state index in [-0.39, 0.29) is 5.41 Å². The summed E-state index contributed by atoms with van der Waals surface area (Å²) in [7, 11) is 0. The van der Waals surface area contributed by atoms with Gasteiger partial charge < -0.3 is 4.90 Å². The lowest BCUT2D eigenvalue weighted by atomic mass is 9.82. The van der Waals surface area contributed by atoms with Crippen LogP contribution >= 0.6 is 0 Å². The molecule has 2 aromatic carbocycles. The van der Waals surface area contributed by atoms with Gasteiger partial charge in [-0.25, -0.2) is 0 Å². The Morgan fingerprint density at radius 3 is 2.48 bits per heavy atom. The van der Waals surface area contributed by atoms with Crippen molar-refractivity contribution < 1.29 is 0 Å². The first-order valence-corrected chi connectivity index (χ1v) is 9.91. The van der Waals surface area contributed by atoms with Crippen molar-refractivity contribution in [2.75, 3.05) is 4.90 Å². The van der Waals surface area contributed by atoms with Crippen molar-refractivity contribution in [2.45, 2.75) is 53.4 Å². The molecule has 140 valence electrons. The quantitative estimate of drug-likeness (QED) is 0.496. The molecule has 2 aromatic rings. The largest absolute Gasteiger partial charge is 0.314 e. The van der Waals surface area contributed by atoms with E-state index >= 15 is 0 Å². The van der Waals surface area contributed by atoms with E-state index in [0.29, 0.717) is 0 Å². The molecule has 0 bridgehead atoms. The summed E-state index contributed by atoms with van der Waals surface area (Å²) in [4.78, 5) is 2.41. The maximum absolute atomic E-state index is 2.41. The lowest BCUT2D eigenvalue weighted by Crippen LogP contribution is -2.18. The van der Waals surface area contributed by atoms with Crippen molar-refractivity contribution in [3.63, 3.8) is 0 Å². The summed E-state index contributed by atoms with van der Waals surface area (Å²) in [5.74, 6) is 0. The Morgan fingerprint density at radius 1 is 1.07 bits per heavy atom. The molecule has 3 rings (SSSR count). The second-order valence-electron chi connectivity index (χ2n) is 7.88. The molecular weight excluding hydrogens is 326 g/mol. The van der Waals surface area contributed by atoms with Crippen LogP contribution < -0.4 is 4.90 Å². The monoisotopic (exact) mass is 357 g/mol. The Hall–Kier alpha value is -2.54. The first kappa shape index (κ1) is 19.2. The molecular formula is C26H31N. The highest BCUT2D eigenvalue weighted by Crippen LogP contribution is 2.43. The second-order valence-corrected chi connectivity index (χ2v) is 7.88. The molecule has 0 saturated carbocycles. The van der Waals surface area contributed by atoms with Crippen LogP contribution in [0.4, 0.5) is 11.4 Å². The minimum absolute atomic E-state index is 0.121. The van der Waals surface area contributed by atoms with Crippen molar-refractivity contribution in [3.05, 3.63) is 88.7 Å². The molecule has 0 radical (unpaired) electrons. The fourth-order valence-corrected chi connectivity index (χ4v) is 3.84. The van der Waals surface area contributed by atoms with Crippen LogP contribution in [0.5, 0.6) is 0 Å². The van der Waals surface area contributed by atoms with Crippen LogP contribution in [0.3, 0.4) is 0 Å². The molecule has 1 aliphatic carbocycles. The normalized spacial score (nSPS) is 15.8. The molecule has 1 nitrogen and oxygen atoms in total. The highest BCUT2D eigenvalue weighted by atomic mass is 15.1. The number of fused-ring (bicyclic) bond motifs is 1. The van der Waals surface area contributed by atoms with Gasteiger partial charge in [0.2, 0.25) is 0 Å². The molecule has 0 heterocycles. The summed E-state index contributed by atoms with van der Waals surface area (Å²) in [6.07, 6.45) is 9.75. The third kappa shape index (κ3) is 3.51. The van der Waals surface area contributed by atoms with E-state index in [1.165, 1.54) is 39.3 Å². The Balaban J connectivity index is 2.18. The van der Waals surface area contributed by atoms with Crippen LogP contribution in [0.25, 0.3) is 6.08 Å². The standard InChI is InChI=1S/C26H31N/c1-7-9-13-22(8-2)27(25-14-11-10-12-19(25)3)23-15-16-24-21(18-23)17-20(4)26(24,5)6/h7,9-18H,8H2,1-6H3. The molecule has 0 fully saturated rings. The summed E-state index contributed by atoms with van der Waals surface area (Å²) in [5, 5.41) is 0. The maximum Gasteiger partial charge on any atom is 0.0487 e. The molecule has 0 spiro atoms. The number of benzene rings is 2. The zero-order chi connectivity index (χ0) is 19.6. The summed E-state index contributed by atoms with van der Waals surface area (Å²) < 4.78 is 0. The Morgan fingerprint density at radius 2 is 1.81 bits per heavy atom. The predicted octanol–water partition coefficient (Wildman–Crippen LogP) is 7.70. The van der Waals surface area contributed by atoms with Gasteiger partial charge in [-0.2, -0.15) is 0 Å². The van der Waals surface area contributed by atoms with E-state index in [1.807, 2.05) is 0 Å². The highest BCUT2D eigenvalue weighted by molar-refractivity contribution is 5.77. The van der Waals surface area contributed by atoms with Gasteiger partial charge >= 0.3 is 0 Å².